The number of pyridine rings is 1. The number of nitrogens with zero attached hydrogens (tertiary/aromatic N) is 4. The van der Waals surface area contributed by atoms with Crippen LogP contribution in [0.1, 0.15) is 31.9 Å². The minimum atomic E-state index is -0.0819. The molecule has 0 spiro atoms. The molecule has 1 aliphatic heterocycles. The third kappa shape index (κ3) is 3.52. The number of fused-ring (bicyclic) bond motifs is 1. The van der Waals surface area contributed by atoms with Crippen LogP contribution in [0.25, 0.3) is 11.0 Å². The molecule has 8 heteroatoms. The molecule has 1 aromatic carbocycles. The van der Waals surface area contributed by atoms with Crippen LogP contribution in [-0.2, 0) is 4.79 Å². The van der Waals surface area contributed by atoms with E-state index in [9.17, 15) is 4.79 Å². The number of β-lactam (4-membered cyclic amide) rings is 1. The monoisotopic (exact) mass is 414 g/mol. The summed E-state index contributed by atoms with van der Waals surface area (Å²) < 4.78 is 7.58. The molecule has 6 nitrogen and oxygen atoms in total. The summed E-state index contributed by atoms with van der Waals surface area (Å²) in [4.78, 5) is 23.3. The molecule has 0 saturated carbocycles. The molecule has 3 aromatic rings. The zero-order valence-corrected chi connectivity index (χ0v) is 18.3. The highest BCUT2D eigenvalue weighted by Crippen LogP contribution is 2.43. The summed E-state index contributed by atoms with van der Waals surface area (Å²) in [5.74, 6) is 0.651. The van der Waals surface area contributed by atoms with Gasteiger partial charge in [0.15, 0.2) is 0 Å². The Balaban J connectivity index is 1.54. The number of imidazole rings is 1. The number of carbonyl (C=O) groups is 1. The number of rotatable bonds is 6. The summed E-state index contributed by atoms with van der Waals surface area (Å²) in [5.41, 5.74) is 4.26. The normalized spacial score (nSPS) is 20.3. The van der Waals surface area contributed by atoms with Gasteiger partial charge in [0.05, 0.1) is 35.9 Å². The number of carbonyl (C=O) groups excluding carboxylic acids is 1. The second-order valence-corrected chi connectivity index (χ2v) is 9.01. The van der Waals surface area contributed by atoms with Crippen molar-refractivity contribution in [2.45, 2.75) is 32.0 Å². The summed E-state index contributed by atoms with van der Waals surface area (Å²) in [6.07, 6.45) is 4.53. The minimum absolute atomic E-state index is 0.0309. The van der Waals surface area contributed by atoms with Gasteiger partial charge in [-0.05, 0) is 45.2 Å². The number of benzene rings is 1. The van der Waals surface area contributed by atoms with Crippen molar-refractivity contribution in [2.75, 3.05) is 11.5 Å². The minimum Gasteiger partial charge on any atom is -0.478 e. The first-order valence-corrected chi connectivity index (χ1v) is 10.5. The lowest BCUT2D eigenvalue weighted by molar-refractivity contribution is -0.129. The molecule has 3 unspecified atom stereocenters. The Morgan fingerprint density at radius 1 is 1.25 bits per heavy atom. The summed E-state index contributed by atoms with van der Waals surface area (Å²) in [5, 5.41) is 0. The number of aromatic nitrogens is 3. The molecule has 5 atom stereocenters. The van der Waals surface area contributed by atoms with E-state index in [-0.39, 0.29) is 17.9 Å². The first kappa shape index (κ1) is 19.3. The molecule has 1 fully saturated rings. The molecule has 0 radical (unpaired) electrons. The third-order valence-electron chi connectivity index (χ3n) is 5.14. The summed E-state index contributed by atoms with van der Waals surface area (Å²) >= 11 is 0. The van der Waals surface area contributed by atoms with Crippen LogP contribution in [-0.4, -0.2) is 32.5 Å². The van der Waals surface area contributed by atoms with Crippen molar-refractivity contribution < 1.29 is 9.53 Å². The fourth-order valence-corrected chi connectivity index (χ4v) is 3.95. The molecule has 0 N–H and O–H groups in total. The molecule has 1 aliphatic rings. The Kier molecular flexibility index (Phi) is 5.35. The largest absolute Gasteiger partial charge is 0.478 e. The van der Waals surface area contributed by atoms with Gasteiger partial charge in [-0.1, -0.05) is 19.9 Å². The van der Waals surface area contributed by atoms with Crippen LogP contribution >= 0.6 is 18.6 Å². The van der Waals surface area contributed by atoms with Crippen molar-refractivity contribution in [1.82, 2.24) is 14.3 Å². The lowest BCUT2D eigenvalue weighted by Gasteiger charge is -2.46. The average molecular weight is 414 g/mol. The van der Waals surface area contributed by atoms with Crippen LogP contribution in [0.3, 0.4) is 0 Å². The number of anilines is 1. The van der Waals surface area contributed by atoms with Crippen LogP contribution < -0.4 is 9.64 Å². The lowest BCUT2D eigenvalue weighted by atomic mass is 9.84. The van der Waals surface area contributed by atoms with Crippen molar-refractivity contribution in [3.63, 3.8) is 0 Å². The maximum atomic E-state index is 12.6. The zero-order valence-electron chi connectivity index (χ0n) is 15.9. The Bertz CT molecular complexity index is 1000. The fraction of sp³-hybridized carbons (Fsp3) is 0.350. The number of hydrogen-bond donors (Lipinski definition) is 0. The van der Waals surface area contributed by atoms with Gasteiger partial charge >= 0.3 is 0 Å². The predicted molar refractivity (Wildman–Crippen MR) is 118 cm³/mol. The lowest BCUT2D eigenvalue weighted by Crippen LogP contribution is -2.54. The fourth-order valence-electron chi connectivity index (χ4n) is 3.53. The zero-order chi connectivity index (χ0) is 19.8. The highest BCUT2D eigenvalue weighted by Gasteiger charge is 2.46. The second-order valence-electron chi connectivity index (χ2n) is 7.31. The molecule has 4 rings (SSSR count). The van der Waals surface area contributed by atoms with Gasteiger partial charge in [-0.15, -0.1) is 9.24 Å². The summed E-state index contributed by atoms with van der Waals surface area (Å²) in [7, 11) is 5.37. The molecule has 1 amide bonds. The van der Waals surface area contributed by atoms with E-state index >= 15 is 0 Å². The van der Waals surface area contributed by atoms with Crippen LogP contribution in [0.4, 0.5) is 5.69 Å². The van der Waals surface area contributed by atoms with Crippen molar-refractivity contribution in [2.24, 2.45) is 5.92 Å². The van der Waals surface area contributed by atoms with Crippen molar-refractivity contribution in [1.29, 1.82) is 0 Å². The Morgan fingerprint density at radius 3 is 2.79 bits per heavy atom. The quantitative estimate of drug-likeness (QED) is 0.455. The molecular formula is C20H24N4O2P2. The standard InChI is InChI=1S/C20H24N4O2P2/c1-12(27)7-8-26-18-6-3-14(10-21-18)19-13(2)20(25)24(19)15-4-5-17-16(9-15)22-11-23(17)28/h3-6,9-13,19H,7-8,27-28H2,1-2H3/t12?,13-,19-/m1/s1. The van der Waals surface area contributed by atoms with Gasteiger partial charge in [0.2, 0.25) is 11.8 Å². The van der Waals surface area contributed by atoms with E-state index in [1.165, 1.54) is 0 Å². The molecular weight excluding hydrogens is 390 g/mol. The average Bonchev–Trinajstić information content (AvgIpc) is 3.06. The van der Waals surface area contributed by atoms with Gasteiger partial charge < -0.3 is 14.0 Å². The van der Waals surface area contributed by atoms with Crippen LogP contribution in [0.2, 0.25) is 0 Å². The smallest absolute Gasteiger partial charge is 0.232 e. The van der Waals surface area contributed by atoms with Crippen molar-refractivity contribution >= 4 is 41.3 Å². The van der Waals surface area contributed by atoms with Gasteiger partial charge in [-0.25, -0.2) is 9.97 Å². The third-order valence-corrected chi connectivity index (χ3v) is 5.88. The van der Waals surface area contributed by atoms with Gasteiger partial charge in [0.25, 0.3) is 0 Å². The Labute approximate surface area is 169 Å². The number of amides is 1. The van der Waals surface area contributed by atoms with Crippen molar-refractivity contribution in [3.05, 3.63) is 48.4 Å². The molecule has 1 saturated heterocycles. The van der Waals surface area contributed by atoms with Gasteiger partial charge in [0, 0.05) is 18.0 Å². The topological polar surface area (TPSA) is 60.2 Å². The first-order chi connectivity index (χ1) is 13.5. The molecule has 146 valence electrons. The van der Waals surface area contributed by atoms with Gasteiger partial charge in [-0.2, -0.15) is 0 Å². The summed E-state index contributed by atoms with van der Waals surface area (Å²) in [6.45, 7) is 4.74. The molecule has 3 heterocycles. The number of hydrogen-bond acceptors (Lipinski definition) is 4. The van der Waals surface area contributed by atoms with E-state index in [0.717, 1.165) is 28.7 Å². The van der Waals surface area contributed by atoms with E-state index in [1.807, 2.05) is 52.7 Å². The molecule has 2 aromatic heterocycles. The Morgan fingerprint density at radius 2 is 2.07 bits per heavy atom. The van der Waals surface area contributed by atoms with Crippen LogP contribution in [0, 0.1) is 5.92 Å². The highest BCUT2D eigenvalue weighted by molar-refractivity contribution is 7.17. The highest BCUT2D eigenvalue weighted by atomic mass is 31.0. The van der Waals surface area contributed by atoms with E-state index in [1.54, 1.807) is 6.33 Å². The first-order valence-electron chi connectivity index (χ1n) is 9.35. The van der Waals surface area contributed by atoms with Gasteiger partial charge in [-0.3, -0.25) is 4.79 Å². The molecule has 0 bridgehead atoms. The maximum Gasteiger partial charge on any atom is 0.232 e. The van der Waals surface area contributed by atoms with E-state index in [2.05, 4.69) is 35.5 Å². The SMILES string of the molecule is CC(P)CCOc1ccc([C@H]2[C@@H](C)C(=O)N2c2ccc3c(c2)ncn3P)cn1. The maximum absolute atomic E-state index is 12.6. The van der Waals surface area contributed by atoms with E-state index in [4.69, 9.17) is 4.74 Å². The van der Waals surface area contributed by atoms with E-state index in [0.29, 0.717) is 18.1 Å². The van der Waals surface area contributed by atoms with Crippen molar-refractivity contribution in [3.8, 4) is 5.88 Å². The van der Waals surface area contributed by atoms with Gasteiger partial charge in [0.1, 0.15) is 0 Å². The van der Waals surface area contributed by atoms with E-state index < -0.39 is 0 Å². The van der Waals surface area contributed by atoms with Crippen LogP contribution in [0.5, 0.6) is 5.88 Å². The summed E-state index contributed by atoms with van der Waals surface area (Å²) in [6, 6.07) is 9.77. The molecule has 28 heavy (non-hydrogen) atoms. The number of ether oxygens (including phenoxy) is 1. The molecule has 0 aliphatic carbocycles. The second kappa shape index (κ2) is 7.77. The Hall–Kier alpha value is -2.03. The van der Waals surface area contributed by atoms with Crippen LogP contribution in [0.15, 0.2) is 42.9 Å². The predicted octanol–water partition coefficient (Wildman–Crippen LogP) is 3.83.